The summed E-state index contributed by atoms with van der Waals surface area (Å²) in [7, 11) is -3.27. The van der Waals surface area contributed by atoms with E-state index in [1.165, 1.54) is 6.42 Å². The van der Waals surface area contributed by atoms with Gasteiger partial charge in [0.1, 0.15) is 0 Å². The van der Waals surface area contributed by atoms with Gasteiger partial charge in [0.15, 0.2) is 0 Å². The molecule has 20 heavy (non-hydrogen) atoms. The predicted octanol–water partition coefficient (Wildman–Crippen LogP) is 2.14. The topological polar surface area (TPSA) is 72.2 Å². The lowest BCUT2D eigenvalue weighted by atomic mass is 9.67. The van der Waals surface area contributed by atoms with E-state index in [1.54, 1.807) is 0 Å². The van der Waals surface area contributed by atoms with Crippen LogP contribution in [-0.4, -0.2) is 15.0 Å². The van der Waals surface area contributed by atoms with E-state index in [2.05, 4.69) is 11.6 Å². The highest BCUT2D eigenvalue weighted by atomic mass is 32.2. The molecule has 1 saturated carbocycles. The van der Waals surface area contributed by atoms with Crippen LogP contribution in [0.2, 0.25) is 0 Å². The summed E-state index contributed by atoms with van der Waals surface area (Å²) in [5.41, 5.74) is 7.53. The molecule has 2 rings (SSSR count). The van der Waals surface area contributed by atoms with Gasteiger partial charge in [0.05, 0.1) is 5.75 Å². The molecule has 0 unspecified atom stereocenters. The number of nitrogens with two attached hydrogens (primary N) is 1. The van der Waals surface area contributed by atoms with Crippen LogP contribution in [0, 0.1) is 5.41 Å². The van der Waals surface area contributed by atoms with Crippen molar-refractivity contribution in [1.29, 1.82) is 0 Å². The van der Waals surface area contributed by atoms with Crippen molar-refractivity contribution in [2.75, 3.05) is 6.54 Å². The molecule has 3 N–H and O–H groups in total. The zero-order valence-corrected chi connectivity index (χ0v) is 12.9. The lowest BCUT2D eigenvalue weighted by molar-refractivity contribution is 0.133. The molecule has 1 aromatic carbocycles. The Bertz CT molecular complexity index is 545. The smallest absolute Gasteiger partial charge is 0.215 e. The van der Waals surface area contributed by atoms with Crippen LogP contribution in [0.25, 0.3) is 0 Å². The fourth-order valence-corrected chi connectivity index (χ4v) is 3.96. The van der Waals surface area contributed by atoms with Gasteiger partial charge in [0, 0.05) is 13.1 Å². The Morgan fingerprint density at radius 2 is 2.00 bits per heavy atom. The van der Waals surface area contributed by atoms with Crippen LogP contribution < -0.4 is 10.5 Å². The average molecular weight is 296 g/mol. The van der Waals surface area contributed by atoms with Crippen molar-refractivity contribution < 1.29 is 8.42 Å². The van der Waals surface area contributed by atoms with Gasteiger partial charge in [-0.05, 0) is 35.8 Å². The van der Waals surface area contributed by atoms with Gasteiger partial charge < -0.3 is 5.73 Å². The second-order valence-corrected chi connectivity index (χ2v) is 7.62. The van der Waals surface area contributed by atoms with Crippen LogP contribution in [0.15, 0.2) is 24.3 Å². The van der Waals surface area contributed by atoms with Gasteiger partial charge in [0.2, 0.25) is 10.0 Å². The Morgan fingerprint density at radius 1 is 1.30 bits per heavy atom. The van der Waals surface area contributed by atoms with Crippen molar-refractivity contribution >= 4 is 10.0 Å². The number of sulfonamides is 1. The van der Waals surface area contributed by atoms with Crippen molar-refractivity contribution in [3.63, 3.8) is 0 Å². The van der Waals surface area contributed by atoms with E-state index >= 15 is 0 Å². The number of hydrogen-bond donors (Lipinski definition) is 2. The molecule has 0 aliphatic heterocycles. The second-order valence-electron chi connectivity index (χ2n) is 5.81. The quantitative estimate of drug-likeness (QED) is 0.809. The standard InChI is InChI=1S/C15H24N2O2S/c1-2-15(7-4-8-15)12-17-20(18,19)11-14-6-3-5-13(9-14)10-16/h3,5-6,9,17H,2,4,7-8,10-12,16H2,1H3. The Kier molecular flexibility index (Phi) is 4.83. The lowest BCUT2D eigenvalue weighted by Gasteiger charge is -2.41. The highest BCUT2D eigenvalue weighted by Crippen LogP contribution is 2.43. The molecular formula is C15H24N2O2S. The van der Waals surface area contributed by atoms with Crippen LogP contribution in [0.5, 0.6) is 0 Å². The van der Waals surface area contributed by atoms with E-state index in [0.29, 0.717) is 13.1 Å². The number of hydrogen-bond acceptors (Lipinski definition) is 3. The maximum atomic E-state index is 12.2. The Morgan fingerprint density at radius 3 is 2.55 bits per heavy atom. The van der Waals surface area contributed by atoms with Crippen molar-refractivity contribution in [3.05, 3.63) is 35.4 Å². The van der Waals surface area contributed by atoms with Gasteiger partial charge in [-0.3, -0.25) is 0 Å². The van der Waals surface area contributed by atoms with E-state index in [9.17, 15) is 8.42 Å². The van der Waals surface area contributed by atoms with E-state index < -0.39 is 10.0 Å². The molecular weight excluding hydrogens is 272 g/mol. The number of benzene rings is 1. The monoisotopic (exact) mass is 296 g/mol. The molecule has 5 heteroatoms. The third-order valence-corrected chi connectivity index (χ3v) is 5.71. The largest absolute Gasteiger partial charge is 0.326 e. The Hall–Kier alpha value is -0.910. The minimum Gasteiger partial charge on any atom is -0.326 e. The first-order chi connectivity index (χ1) is 9.49. The summed E-state index contributed by atoms with van der Waals surface area (Å²) in [6, 6.07) is 7.45. The van der Waals surface area contributed by atoms with Crippen molar-refractivity contribution in [3.8, 4) is 0 Å². The molecule has 112 valence electrons. The van der Waals surface area contributed by atoms with Crippen molar-refractivity contribution in [2.45, 2.75) is 44.9 Å². The molecule has 0 aromatic heterocycles. The second kappa shape index (κ2) is 6.24. The van der Waals surface area contributed by atoms with Crippen LogP contribution >= 0.6 is 0 Å². The Labute approximate surface area is 121 Å². The minimum absolute atomic E-state index is 0.0284. The zero-order valence-electron chi connectivity index (χ0n) is 12.1. The van der Waals surface area contributed by atoms with Crippen LogP contribution in [0.1, 0.15) is 43.7 Å². The van der Waals surface area contributed by atoms with Crippen LogP contribution in [0.4, 0.5) is 0 Å². The maximum Gasteiger partial charge on any atom is 0.215 e. The molecule has 0 spiro atoms. The minimum atomic E-state index is -3.27. The summed E-state index contributed by atoms with van der Waals surface area (Å²) in [4.78, 5) is 0. The van der Waals surface area contributed by atoms with E-state index in [1.807, 2.05) is 24.3 Å². The molecule has 1 aromatic rings. The van der Waals surface area contributed by atoms with Gasteiger partial charge >= 0.3 is 0 Å². The van der Waals surface area contributed by atoms with Gasteiger partial charge in [0.25, 0.3) is 0 Å². The van der Waals surface area contributed by atoms with E-state index in [0.717, 1.165) is 30.4 Å². The SMILES string of the molecule is CCC1(CNS(=O)(=O)Cc2cccc(CN)c2)CCC1. The summed E-state index contributed by atoms with van der Waals surface area (Å²) in [5.74, 6) is 0.0284. The molecule has 1 aliphatic rings. The number of nitrogens with one attached hydrogen (secondary N) is 1. The molecule has 1 fully saturated rings. The highest BCUT2D eigenvalue weighted by molar-refractivity contribution is 7.88. The maximum absolute atomic E-state index is 12.2. The lowest BCUT2D eigenvalue weighted by Crippen LogP contribution is -2.42. The van der Waals surface area contributed by atoms with E-state index in [-0.39, 0.29) is 11.2 Å². The summed E-state index contributed by atoms with van der Waals surface area (Å²) in [6.45, 7) is 3.14. The van der Waals surface area contributed by atoms with Gasteiger partial charge in [-0.25, -0.2) is 13.1 Å². The fraction of sp³-hybridized carbons (Fsp3) is 0.600. The first-order valence-corrected chi connectivity index (χ1v) is 8.89. The van der Waals surface area contributed by atoms with Crippen molar-refractivity contribution in [2.24, 2.45) is 11.1 Å². The normalized spacial score (nSPS) is 17.7. The van der Waals surface area contributed by atoms with Crippen LogP contribution in [-0.2, 0) is 22.3 Å². The summed E-state index contributed by atoms with van der Waals surface area (Å²) >= 11 is 0. The first-order valence-electron chi connectivity index (χ1n) is 7.24. The third kappa shape index (κ3) is 3.81. The average Bonchev–Trinajstić information content (AvgIpc) is 2.37. The molecule has 0 radical (unpaired) electrons. The van der Waals surface area contributed by atoms with E-state index in [4.69, 9.17) is 5.73 Å². The molecule has 1 aliphatic carbocycles. The third-order valence-electron chi connectivity index (χ3n) is 4.42. The van der Waals surface area contributed by atoms with Gasteiger partial charge in [-0.15, -0.1) is 0 Å². The molecule has 0 bridgehead atoms. The molecule has 4 nitrogen and oxygen atoms in total. The summed E-state index contributed by atoms with van der Waals surface area (Å²) in [5, 5.41) is 0. The van der Waals surface area contributed by atoms with Gasteiger partial charge in [-0.1, -0.05) is 37.6 Å². The zero-order chi connectivity index (χ0) is 14.6. The molecule has 0 amide bonds. The van der Waals surface area contributed by atoms with Gasteiger partial charge in [-0.2, -0.15) is 0 Å². The summed E-state index contributed by atoms with van der Waals surface area (Å²) < 4.78 is 27.1. The van der Waals surface area contributed by atoms with Crippen molar-refractivity contribution in [1.82, 2.24) is 4.72 Å². The first kappa shape index (κ1) is 15.5. The Balaban J connectivity index is 1.96. The molecule has 0 heterocycles. The fourth-order valence-electron chi connectivity index (χ4n) is 2.71. The predicted molar refractivity (Wildman–Crippen MR) is 81.5 cm³/mol. The highest BCUT2D eigenvalue weighted by Gasteiger charge is 2.35. The summed E-state index contributed by atoms with van der Waals surface area (Å²) in [6.07, 6.45) is 4.52. The molecule has 0 saturated heterocycles. The molecule has 0 atom stereocenters. The van der Waals surface area contributed by atoms with Crippen LogP contribution in [0.3, 0.4) is 0 Å². The number of rotatable bonds is 7.